The molecule has 0 fully saturated rings. The first-order chi connectivity index (χ1) is 9.54. The minimum atomic E-state index is -1.01. The number of hydrogen-bond donors (Lipinski definition) is 1. The van der Waals surface area contributed by atoms with Crippen LogP contribution in [-0.4, -0.2) is 40.1 Å². The molecule has 2 rings (SSSR count). The van der Waals surface area contributed by atoms with Crippen LogP contribution in [0.1, 0.15) is 19.0 Å². The van der Waals surface area contributed by atoms with Crippen LogP contribution in [0.2, 0.25) is 0 Å². The molecule has 0 aliphatic heterocycles. The Labute approximate surface area is 116 Å². The molecule has 2 aromatic rings. The van der Waals surface area contributed by atoms with Crippen LogP contribution in [0.3, 0.4) is 0 Å². The number of carboxylic acids is 1. The highest BCUT2D eigenvalue weighted by molar-refractivity contribution is 5.88. The molecule has 1 unspecified atom stereocenters. The summed E-state index contributed by atoms with van der Waals surface area (Å²) in [7, 11) is 1.49. The summed E-state index contributed by atoms with van der Waals surface area (Å²) in [5.41, 5.74) is 1.14. The van der Waals surface area contributed by atoms with Crippen molar-refractivity contribution in [2.24, 2.45) is 0 Å². The number of aliphatic carboxylic acids is 1. The molecule has 6 heteroatoms. The summed E-state index contributed by atoms with van der Waals surface area (Å²) in [5.74, 6) is -1.30. The summed E-state index contributed by atoms with van der Waals surface area (Å²) < 4.78 is 5.13. The fourth-order valence-corrected chi connectivity index (χ4v) is 2.12. The van der Waals surface area contributed by atoms with Gasteiger partial charge in [-0.3, -0.25) is 4.79 Å². The smallest absolute Gasteiger partial charge is 0.326 e. The highest BCUT2D eigenvalue weighted by Gasteiger charge is 2.25. The van der Waals surface area contributed by atoms with Gasteiger partial charge in [-0.25, -0.2) is 4.79 Å². The van der Waals surface area contributed by atoms with Gasteiger partial charge in [0.25, 0.3) is 0 Å². The highest BCUT2D eigenvalue weighted by Crippen LogP contribution is 2.19. The van der Waals surface area contributed by atoms with Crippen LogP contribution in [0, 0.1) is 0 Å². The molecule has 1 aromatic heterocycles. The van der Waals surface area contributed by atoms with E-state index in [0.29, 0.717) is 17.7 Å². The molecule has 1 amide bonds. The Morgan fingerprint density at radius 3 is 2.75 bits per heavy atom. The highest BCUT2D eigenvalue weighted by atomic mass is 16.5. The SMILES string of the molecule is CCC(C(=O)O)N(C)C(=O)Cc1noc2ccccc12. The van der Waals surface area contributed by atoms with E-state index in [4.69, 9.17) is 9.63 Å². The van der Waals surface area contributed by atoms with E-state index in [-0.39, 0.29) is 12.3 Å². The molecule has 0 aliphatic carbocycles. The predicted molar refractivity (Wildman–Crippen MR) is 72.2 cm³/mol. The van der Waals surface area contributed by atoms with Gasteiger partial charge in [0, 0.05) is 12.4 Å². The Morgan fingerprint density at radius 2 is 2.10 bits per heavy atom. The topological polar surface area (TPSA) is 83.6 Å². The Hall–Kier alpha value is -2.37. The molecule has 1 heterocycles. The van der Waals surface area contributed by atoms with E-state index >= 15 is 0 Å². The maximum absolute atomic E-state index is 12.1. The fourth-order valence-electron chi connectivity index (χ4n) is 2.12. The number of para-hydroxylation sites is 1. The molecule has 0 spiro atoms. The van der Waals surface area contributed by atoms with Crippen molar-refractivity contribution in [1.82, 2.24) is 10.1 Å². The van der Waals surface area contributed by atoms with Gasteiger partial charge in [-0.15, -0.1) is 0 Å². The molecule has 106 valence electrons. The largest absolute Gasteiger partial charge is 0.480 e. The zero-order chi connectivity index (χ0) is 14.7. The van der Waals surface area contributed by atoms with Gasteiger partial charge >= 0.3 is 5.97 Å². The van der Waals surface area contributed by atoms with Gasteiger partial charge in [0.1, 0.15) is 11.7 Å². The zero-order valence-corrected chi connectivity index (χ0v) is 11.4. The van der Waals surface area contributed by atoms with Crippen molar-refractivity contribution in [3.8, 4) is 0 Å². The van der Waals surface area contributed by atoms with Crippen LogP contribution in [0.15, 0.2) is 28.8 Å². The van der Waals surface area contributed by atoms with Crippen molar-refractivity contribution in [2.45, 2.75) is 25.8 Å². The lowest BCUT2D eigenvalue weighted by molar-refractivity contribution is -0.148. The normalized spacial score (nSPS) is 12.3. The molecule has 0 aliphatic rings. The number of rotatable bonds is 5. The number of amides is 1. The van der Waals surface area contributed by atoms with E-state index in [0.717, 1.165) is 5.39 Å². The van der Waals surface area contributed by atoms with Gasteiger partial charge in [-0.1, -0.05) is 24.2 Å². The van der Waals surface area contributed by atoms with Crippen molar-refractivity contribution >= 4 is 22.8 Å². The number of benzene rings is 1. The van der Waals surface area contributed by atoms with Crippen LogP contribution in [0.4, 0.5) is 0 Å². The second-order valence-corrected chi connectivity index (χ2v) is 4.57. The zero-order valence-electron chi connectivity index (χ0n) is 11.4. The van der Waals surface area contributed by atoms with Crippen LogP contribution in [-0.2, 0) is 16.0 Å². The third-order valence-electron chi connectivity index (χ3n) is 3.30. The molecule has 0 saturated heterocycles. The van der Waals surface area contributed by atoms with E-state index < -0.39 is 12.0 Å². The van der Waals surface area contributed by atoms with Gasteiger partial charge in [-0.2, -0.15) is 0 Å². The Morgan fingerprint density at radius 1 is 1.40 bits per heavy atom. The number of likely N-dealkylation sites (N-methyl/N-ethyl adjacent to an activating group) is 1. The summed E-state index contributed by atoms with van der Waals surface area (Å²) in [6.45, 7) is 1.73. The van der Waals surface area contributed by atoms with Gasteiger partial charge in [0.2, 0.25) is 5.91 Å². The van der Waals surface area contributed by atoms with Crippen molar-refractivity contribution in [3.63, 3.8) is 0 Å². The first kappa shape index (κ1) is 14.0. The number of hydrogen-bond acceptors (Lipinski definition) is 4. The van der Waals surface area contributed by atoms with Gasteiger partial charge in [-0.05, 0) is 18.6 Å². The maximum atomic E-state index is 12.1. The third kappa shape index (κ3) is 2.64. The number of fused-ring (bicyclic) bond motifs is 1. The summed E-state index contributed by atoms with van der Waals surface area (Å²) >= 11 is 0. The van der Waals surface area contributed by atoms with E-state index in [9.17, 15) is 9.59 Å². The van der Waals surface area contributed by atoms with E-state index in [2.05, 4.69) is 5.16 Å². The molecule has 6 nitrogen and oxygen atoms in total. The Kier molecular flexibility index (Phi) is 4.02. The standard InChI is InChI=1S/C14H16N2O4/c1-3-11(14(18)19)16(2)13(17)8-10-9-6-4-5-7-12(9)20-15-10/h4-7,11H,3,8H2,1-2H3,(H,18,19). The van der Waals surface area contributed by atoms with Gasteiger partial charge < -0.3 is 14.5 Å². The van der Waals surface area contributed by atoms with Crippen LogP contribution < -0.4 is 0 Å². The Bertz CT molecular complexity index is 635. The summed E-state index contributed by atoms with van der Waals surface area (Å²) in [6.07, 6.45) is 0.383. The molecule has 1 N–H and O–H groups in total. The van der Waals surface area contributed by atoms with Crippen molar-refractivity contribution in [3.05, 3.63) is 30.0 Å². The van der Waals surface area contributed by atoms with Gasteiger partial charge in [0.05, 0.1) is 6.42 Å². The van der Waals surface area contributed by atoms with Crippen LogP contribution in [0.25, 0.3) is 11.0 Å². The Balaban J connectivity index is 2.17. The minimum Gasteiger partial charge on any atom is -0.480 e. The monoisotopic (exact) mass is 276 g/mol. The van der Waals surface area contributed by atoms with Crippen molar-refractivity contribution < 1.29 is 19.2 Å². The van der Waals surface area contributed by atoms with Crippen LogP contribution in [0.5, 0.6) is 0 Å². The quantitative estimate of drug-likeness (QED) is 0.898. The first-order valence-corrected chi connectivity index (χ1v) is 6.36. The lowest BCUT2D eigenvalue weighted by Crippen LogP contribution is -2.42. The maximum Gasteiger partial charge on any atom is 0.326 e. The second-order valence-electron chi connectivity index (χ2n) is 4.57. The van der Waals surface area contributed by atoms with Crippen molar-refractivity contribution in [2.75, 3.05) is 7.05 Å². The second kappa shape index (κ2) is 5.73. The van der Waals surface area contributed by atoms with E-state index in [1.54, 1.807) is 13.0 Å². The number of carboxylic acid groups (broad SMARTS) is 1. The molecule has 0 radical (unpaired) electrons. The number of nitrogens with zero attached hydrogens (tertiary/aromatic N) is 2. The summed E-state index contributed by atoms with van der Waals surface area (Å²) in [4.78, 5) is 24.4. The number of carbonyl (C=O) groups excluding carboxylic acids is 1. The number of aromatic nitrogens is 1. The lowest BCUT2D eigenvalue weighted by Gasteiger charge is -2.23. The van der Waals surface area contributed by atoms with Crippen molar-refractivity contribution in [1.29, 1.82) is 0 Å². The lowest BCUT2D eigenvalue weighted by atomic mass is 10.1. The van der Waals surface area contributed by atoms with E-state index in [1.165, 1.54) is 11.9 Å². The van der Waals surface area contributed by atoms with E-state index in [1.807, 2.05) is 18.2 Å². The molecular weight excluding hydrogens is 260 g/mol. The predicted octanol–water partition coefficient (Wildman–Crippen LogP) is 1.69. The average molecular weight is 276 g/mol. The molecule has 20 heavy (non-hydrogen) atoms. The molecule has 0 saturated carbocycles. The summed E-state index contributed by atoms with van der Waals surface area (Å²) in [6, 6.07) is 6.43. The van der Waals surface area contributed by atoms with Gasteiger partial charge in [0.15, 0.2) is 5.58 Å². The summed E-state index contributed by atoms with van der Waals surface area (Å²) in [5, 5.41) is 13.7. The average Bonchev–Trinajstić information content (AvgIpc) is 2.82. The molecule has 1 aromatic carbocycles. The molecule has 1 atom stereocenters. The first-order valence-electron chi connectivity index (χ1n) is 6.36. The number of carbonyl (C=O) groups is 2. The molecular formula is C14H16N2O4. The fraction of sp³-hybridized carbons (Fsp3) is 0.357. The minimum absolute atomic E-state index is 0.0251. The molecule has 0 bridgehead atoms. The van der Waals surface area contributed by atoms with Crippen LogP contribution >= 0.6 is 0 Å². The third-order valence-corrected chi connectivity index (χ3v) is 3.30.